The van der Waals surface area contributed by atoms with Crippen LogP contribution < -0.4 is 0 Å². The van der Waals surface area contributed by atoms with Gasteiger partial charge in [0.05, 0.1) is 23.3 Å². The molecule has 1 aromatic heterocycles. The average molecular weight is 250 g/mol. The summed E-state index contributed by atoms with van der Waals surface area (Å²) < 4.78 is 1.96. The number of aliphatic carboxylic acids is 1. The molecular formula is C12H14N2O2S. The second-order valence-electron chi connectivity index (χ2n) is 4.06. The minimum Gasteiger partial charge on any atom is -0.481 e. The van der Waals surface area contributed by atoms with Crippen molar-refractivity contribution in [1.82, 2.24) is 9.55 Å². The summed E-state index contributed by atoms with van der Waals surface area (Å²) >= 11 is 1.55. The van der Waals surface area contributed by atoms with Crippen molar-refractivity contribution in [2.45, 2.75) is 11.8 Å². The Labute approximate surface area is 104 Å². The molecule has 1 heterocycles. The predicted octanol–water partition coefficient (Wildman–Crippen LogP) is 2.39. The average Bonchev–Trinajstić information content (AvgIpc) is 2.67. The van der Waals surface area contributed by atoms with E-state index in [1.807, 2.05) is 29.8 Å². The van der Waals surface area contributed by atoms with Gasteiger partial charge in [-0.05, 0) is 18.2 Å². The number of aromatic nitrogens is 2. The number of hydrogen-bond acceptors (Lipinski definition) is 3. The number of imidazole rings is 1. The van der Waals surface area contributed by atoms with Gasteiger partial charge in [0.15, 0.2) is 0 Å². The van der Waals surface area contributed by atoms with Crippen LogP contribution in [0.25, 0.3) is 11.0 Å². The number of carboxylic acids is 1. The Kier molecular flexibility index (Phi) is 3.38. The van der Waals surface area contributed by atoms with E-state index >= 15 is 0 Å². The van der Waals surface area contributed by atoms with Crippen LogP contribution in [-0.4, -0.2) is 26.4 Å². The zero-order valence-corrected chi connectivity index (χ0v) is 10.6. The minimum atomic E-state index is -0.753. The van der Waals surface area contributed by atoms with Gasteiger partial charge in [-0.3, -0.25) is 4.79 Å². The van der Waals surface area contributed by atoms with E-state index in [0.717, 1.165) is 15.9 Å². The van der Waals surface area contributed by atoms with Crippen LogP contribution in [0, 0.1) is 5.92 Å². The van der Waals surface area contributed by atoms with Crippen LogP contribution in [0.1, 0.15) is 6.92 Å². The van der Waals surface area contributed by atoms with Crippen LogP contribution in [0.5, 0.6) is 0 Å². The molecule has 0 bridgehead atoms. The maximum Gasteiger partial charge on any atom is 0.307 e. The maximum absolute atomic E-state index is 10.7. The highest BCUT2D eigenvalue weighted by molar-refractivity contribution is 7.99. The number of rotatable bonds is 4. The fraction of sp³-hybridized carbons (Fsp3) is 0.333. The highest BCUT2D eigenvalue weighted by Crippen LogP contribution is 2.24. The summed E-state index contributed by atoms with van der Waals surface area (Å²) in [6.07, 6.45) is 1.78. The van der Waals surface area contributed by atoms with E-state index < -0.39 is 5.97 Å². The summed E-state index contributed by atoms with van der Waals surface area (Å²) in [5.41, 5.74) is 2.03. The van der Waals surface area contributed by atoms with E-state index in [4.69, 9.17) is 5.11 Å². The molecule has 1 N–H and O–H groups in total. The largest absolute Gasteiger partial charge is 0.481 e. The van der Waals surface area contributed by atoms with Crippen molar-refractivity contribution in [3.05, 3.63) is 24.5 Å². The van der Waals surface area contributed by atoms with E-state index in [1.165, 1.54) is 0 Å². The van der Waals surface area contributed by atoms with E-state index in [-0.39, 0.29) is 5.92 Å². The van der Waals surface area contributed by atoms with Gasteiger partial charge in [0.1, 0.15) is 0 Å². The van der Waals surface area contributed by atoms with Crippen LogP contribution in [0.3, 0.4) is 0 Å². The molecule has 4 nitrogen and oxygen atoms in total. The molecule has 0 saturated heterocycles. The second-order valence-corrected chi connectivity index (χ2v) is 5.15. The van der Waals surface area contributed by atoms with Gasteiger partial charge in [0.2, 0.25) is 0 Å². The molecule has 0 fully saturated rings. The standard InChI is InChI=1S/C12H14N2O2S/c1-8(12(15)16)6-17-9-3-4-11-10(5-9)13-7-14(11)2/h3-5,7-8H,6H2,1-2H3,(H,15,16). The molecule has 0 radical (unpaired) electrons. The second kappa shape index (κ2) is 4.79. The van der Waals surface area contributed by atoms with Crippen LogP contribution >= 0.6 is 11.8 Å². The van der Waals surface area contributed by atoms with Gasteiger partial charge < -0.3 is 9.67 Å². The lowest BCUT2D eigenvalue weighted by Crippen LogP contribution is -2.11. The van der Waals surface area contributed by atoms with E-state index in [1.54, 1.807) is 25.0 Å². The van der Waals surface area contributed by atoms with Crippen LogP contribution in [0.2, 0.25) is 0 Å². The Morgan fingerprint density at radius 3 is 3.06 bits per heavy atom. The summed E-state index contributed by atoms with van der Waals surface area (Å²) in [5.74, 6) is -0.510. The molecule has 2 aromatic rings. The highest BCUT2D eigenvalue weighted by atomic mass is 32.2. The van der Waals surface area contributed by atoms with Crippen molar-refractivity contribution in [2.75, 3.05) is 5.75 Å². The zero-order valence-electron chi connectivity index (χ0n) is 9.75. The van der Waals surface area contributed by atoms with Gasteiger partial charge in [-0.25, -0.2) is 4.98 Å². The number of fused-ring (bicyclic) bond motifs is 1. The Hall–Kier alpha value is -1.49. The third kappa shape index (κ3) is 2.61. The molecule has 0 aliphatic carbocycles. The van der Waals surface area contributed by atoms with Gasteiger partial charge in [0, 0.05) is 17.7 Å². The maximum atomic E-state index is 10.7. The van der Waals surface area contributed by atoms with E-state index in [2.05, 4.69) is 4.98 Å². The third-order valence-corrected chi connectivity index (χ3v) is 3.87. The highest BCUT2D eigenvalue weighted by Gasteiger charge is 2.11. The van der Waals surface area contributed by atoms with Crippen molar-refractivity contribution in [3.8, 4) is 0 Å². The topological polar surface area (TPSA) is 55.1 Å². The summed E-state index contributed by atoms with van der Waals surface area (Å²) in [6, 6.07) is 6.01. The van der Waals surface area contributed by atoms with Gasteiger partial charge in [-0.1, -0.05) is 6.92 Å². The number of benzene rings is 1. The molecule has 0 amide bonds. The van der Waals surface area contributed by atoms with Crippen LogP contribution in [0.4, 0.5) is 0 Å². The zero-order chi connectivity index (χ0) is 12.4. The summed E-state index contributed by atoms with van der Waals surface area (Å²) in [4.78, 5) is 16.0. The van der Waals surface area contributed by atoms with E-state index in [9.17, 15) is 4.79 Å². The predicted molar refractivity (Wildman–Crippen MR) is 68.2 cm³/mol. The van der Waals surface area contributed by atoms with Crippen molar-refractivity contribution >= 4 is 28.8 Å². The van der Waals surface area contributed by atoms with Crippen molar-refractivity contribution in [2.24, 2.45) is 13.0 Å². The lowest BCUT2D eigenvalue weighted by molar-refractivity contribution is -0.140. The molecular weight excluding hydrogens is 236 g/mol. The number of carbonyl (C=O) groups is 1. The Bertz CT molecular complexity index is 550. The molecule has 1 unspecified atom stereocenters. The van der Waals surface area contributed by atoms with Gasteiger partial charge in [0.25, 0.3) is 0 Å². The fourth-order valence-electron chi connectivity index (χ4n) is 1.50. The van der Waals surface area contributed by atoms with Crippen molar-refractivity contribution in [1.29, 1.82) is 0 Å². The van der Waals surface area contributed by atoms with Crippen molar-refractivity contribution < 1.29 is 9.90 Å². The molecule has 0 spiro atoms. The first kappa shape index (κ1) is 12.0. The molecule has 0 aliphatic heterocycles. The quantitative estimate of drug-likeness (QED) is 0.846. The lowest BCUT2D eigenvalue weighted by Gasteiger charge is -2.05. The SMILES string of the molecule is CC(CSc1ccc2c(c1)ncn2C)C(=O)O. The number of carboxylic acid groups (broad SMARTS) is 1. The Morgan fingerprint density at radius 2 is 2.35 bits per heavy atom. The molecule has 0 aliphatic rings. The van der Waals surface area contributed by atoms with E-state index in [0.29, 0.717) is 5.75 Å². The number of hydrogen-bond donors (Lipinski definition) is 1. The Morgan fingerprint density at radius 1 is 1.59 bits per heavy atom. The van der Waals surface area contributed by atoms with Crippen molar-refractivity contribution in [3.63, 3.8) is 0 Å². The smallest absolute Gasteiger partial charge is 0.307 e. The molecule has 1 aromatic carbocycles. The molecule has 5 heteroatoms. The van der Waals surface area contributed by atoms with Crippen LogP contribution in [-0.2, 0) is 11.8 Å². The van der Waals surface area contributed by atoms with Gasteiger partial charge >= 0.3 is 5.97 Å². The van der Waals surface area contributed by atoms with Gasteiger partial charge in [-0.2, -0.15) is 0 Å². The number of thioether (sulfide) groups is 1. The third-order valence-electron chi connectivity index (χ3n) is 2.62. The lowest BCUT2D eigenvalue weighted by atomic mass is 10.2. The molecule has 90 valence electrons. The number of nitrogens with zero attached hydrogens (tertiary/aromatic N) is 2. The minimum absolute atomic E-state index is 0.334. The first-order chi connectivity index (χ1) is 8.08. The first-order valence-electron chi connectivity index (χ1n) is 5.34. The first-order valence-corrected chi connectivity index (χ1v) is 6.33. The van der Waals surface area contributed by atoms with Gasteiger partial charge in [-0.15, -0.1) is 11.8 Å². The van der Waals surface area contributed by atoms with Crippen LogP contribution in [0.15, 0.2) is 29.4 Å². The molecule has 17 heavy (non-hydrogen) atoms. The number of aryl methyl sites for hydroxylation is 1. The Balaban J connectivity index is 2.12. The normalized spacial score (nSPS) is 12.8. The molecule has 2 rings (SSSR count). The molecule has 1 atom stereocenters. The summed E-state index contributed by atoms with van der Waals surface area (Å²) in [7, 11) is 1.95. The monoisotopic (exact) mass is 250 g/mol. The summed E-state index contributed by atoms with van der Waals surface area (Å²) in [6.45, 7) is 1.72. The summed E-state index contributed by atoms with van der Waals surface area (Å²) in [5, 5.41) is 8.81. The fourth-order valence-corrected chi connectivity index (χ4v) is 2.44. The molecule has 0 saturated carbocycles.